The van der Waals surface area contributed by atoms with Crippen molar-refractivity contribution in [3.05, 3.63) is 5.82 Å². The molecule has 1 aliphatic heterocycles. The van der Waals surface area contributed by atoms with Crippen LogP contribution in [0.25, 0.3) is 0 Å². The molecule has 5 nitrogen and oxygen atoms in total. The van der Waals surface area contributed by atoms with Crippen molar-refractivity contribution in [3.63, 3.8) is 0 Å². The number of rotatable bonds is 3. The van der Waals surface area contributed by atoms with Crippen LogP contribution in [0.1, 0.15) is 25.6 Å². The topological polar surface area (TPSA) is 46.8 Å². The average Bonchev–Trinajstić information content (AvgIpc) is 2.65. The Hall–Kier alpha value is -0.490. The van der Waals surface area contributed by atoms with E-state index in [1.807, 2.05) is 0 Å². The molecule has 16 heavy (non-hydrogen) atoms. The van der Waals surface area contributed by atoms with Crippen LogP contribution >= 0.6 is 15.9 Å². The standard InChI is InChI=1S/C10H18BrN5/c1-8(11)9-3-5-16(6-4-9)7-10-12-14-15(2)13-10/h8-9H,3-7H2,1-2H3. The zero-order valence-electron chi connectivity index (χ0n) is 9.80. The summed E-state index contributed by atoms with van der Waals surface area (Å²) in [6.45, 7) is 5.35. The van der Waals surface area contributed by atoms with Crippen molar-refractivity contribution >= 4 is 15.9 Å². The molecule has 0 amide bonds. The van der Waals surface area contributed by atoms with Gasteiger partial charge in [-0.25, -0.2) is 0 Å². The molecule has 1 fully saturated rings. The van der Waals surface area contributed by atoms with Crippen molar-refractivity contribution in [1.29, 1.82) is 0 Å². The highest BCUT2D eigenvalue weighted by molar-refractivity contribution is 9.09. The minimum atomic E-state index is 0.629. The molecule has 2 heterocycles. The number of aryl methyl sites for hydroxylation is 1. The summed E-state index contributed by atoms with van der Waals surface area (Å²) in [6.07, 6.45) is 2.51. The van der Waals surface area contributed by atoms with Crippen LogP contribution in [0.5, 0.6) is 0 Å². The maximum absolute atomic E-state index is 4.20. The summed E-state index contributed by atoms with van der Waals surface area (Å²) in [4.78, 5) is 4.55. The van der Waals surface area contributed by atoms with Gasteiger partial charge in [-0.2, -0.15) is 4.80 Å². The Kier molecular flexibility index (Phi) is 3.91. The number of likely N-dealkylation sites (tertiary alicyclic amines) is 1. The van der Waals surface area contributed by atoms with E-state index in [0.29, 0.717) is 4.83 Å². The first-order chi connectivity index (χ1) is 7.65. The number of tetrazole rings is 1. The predicted octanol–water partition coefficient (Wildman–Crippen LogP) is 1.21. The van der Waals surface area contributed by atoms with E-state index in [-0.39, 0.29) is 0 Å². The lowest BCUT2D eigenvalue weighted by Crippen LogP contribution is -2.35. The summed E-state index contributed by atoms with van der Waals surface area (Å²) >= 11 is 3.67. The van der Waals surface area contributed by atoms with Gasteiger partial charge in [0.15, 0.2) is 5.82 Å². The van der Waals surface area contributed by atoms with E-state index >= 15 is 0 Å². The van der Waals surface area contributed by atoms with E-state index in [2.05, 4.69) is 43.2 Å². The number of piperidine rings is 1. The maximum Gasteiger partial charge on any atom is 0.188 e. The number of aromatic nitrogens is 4. The highest BCUT2D eigenvalue weighted by Gasteiger charge is 2.23. The normalized spacial score (nSPS) is 21.2. The summed E-state index contributed by atoms with van der Waals surface area (Å²) in [5.74, 6) is 1.64. The third kappa shape index (κ3) is 3.01. The zero-order valence-corrected chi connectivity index (χ0v) is 11.4. The molecule has 6 heteroatoms. The summed E-state index contributed by atoms with van der Waals surface area (Å²) in [6, 6.07) is 0. The minimum absolute atomic E-state index is 0.629. The molecule has 1 atom stereocenters. The van der Waals surface area contributed by atoms with Crippen LogP contribution in [0.2, 0.25) is 0 Å². The Labute approximate surface area is 104 Å². The number of hydrogen-bond donors (Lipinski definition) is 0. The summed E-state index contributed by atoms with van der Waals surface area (Å²) in [7, 11) is 1.80. The maximum atomic E-state index is 4.20. The SMILES string of the molecule is CC(Br)C1CCN(Cc2nnn(C)n2)CC1. The van der Waals surface area contributed by atoms with Crippen LogP contribution in [0.4, 0.5) is 0 Å². The predicted molar refractivity (Wildman–Crippen MR) is 65.2 cm³/mol. The molecule has 1 aromatic heterocycles. The Morgan fingerprint density at radius 2 is 2.12 bits per heavy atom. The summed E-state index contributed by atoms with van der Waals surface area (Å²) < 4.78 is 0. The molecule has 0 aliphatic carbocycles. The van der Waals surface area contributed by atoms with E-state index in [0.717, 1.165) is 31.4 Å². The van der Waals surface area contributed by atoms with Crippen molar-refractivity contribution in [3.8, 4) is 0 Å². The van der Waals surface area contributed by atoms with Gasteiger partial charge in [-0.3, -0.25) is 4.90 Å². The van der Waals surface area contributed by atoms with Gasteiger partial charge in [0.25, 0.3) is 0 Å². The van der Waals surface area contributed by atoms with Gasteiger partial charge in [-0.05, 0) is 37.1 Å². The zero-order chi connectivity index (χ0) is 11.5. The van der Waals surface area contributed by atoms with Crippen molar-refractivity contribution in [1.82, 2.24) is 25.1 Å². The van der Waals surface area contributed by atoms with Crippen LogP contribution in [0, 0.1) is 5.92 Å². The van der Waals surface area contributed by atoms with Gasteiger partial charge >= 0.3 is 0 Å². The molecular weight excluding hydrogens is 270 g/mol. The molecule has 0 spiro atoms. The summed E-state index contributed by atoms with van der Waals surface area (Å²) in [5.41, 5.74) is 0. The molecule has 2 rings (SSSR count). The van der Waals surface area contributed by atoms with Gasteiger partial charge in [0.1, 0.15) is 0 Å². The molecule has 0 aromatic carbocycles. The minimum Gasteiger partial charge on any atom is -0.296 e. The van der Waals surface area contributed by atoms with Crippen LogP contribution in [0.15, 0.2) is 0 Å². The molecule has 1 aromatic rings. The van der Waals surface area contributed by atoms with Gasteiger partial charge in [-0.1, -0.05) is 22.9 Å². The monoisotopic (exact) mass is 287 g/mol. The number of nitrogens with zero attached hydrogens (tertiary/aromatic N) is 5. The van der Waals surface area contributed by atoms with E-state index < -0.39 is 0 Å². The molecule has 0 bridgehead atoms. The number of alkyl halides is 1. The first-order valence-corrected chi connectivity index (χ1v) is 6.66. The van der Waals surface area contributed by atoms with Gasteiger partial charge in [0.05, 0.1) is 13.6 Å². The fraction of sp³-hybridized carbons (Fsp3) is 0.900. The van der Waals surface area contributed by atoms with Gasteiger partial charge in [0.2, 0.25) is 0 Å². The van der Waals surface area contributed by atoms with Crippen molar-refractivity contribution in [2.75, 3.05) is 13.1 Å². The molecule has 0 radical (unpaired) electrons. The van der Waals surface area contributed by atoms with Gasteiger partial charge in [0, 0.05) is 4.83 Å². The van der Waals surface area contributed by atoms with Crippen LogP contribution in [0.3, 0.4) is 0 Å². The second-order valence-corrected chi connectivity index (χ2v) is 5.93. The largest absolute Gasteiger partial charge is 0.296 e. The lowest BCUT2D eigenvalue weighted by Gasteiger charge is -2.32. The molecule has 1 saturated heterocycles. The second kappa shape index (κ2) is 5.23. The summed E-state index contributed by atoms with van der Waals surface area (Å²) in [5, 5.41) is 12.1. The van der Waals surface area contributed by atoms with Gasteiger partial charge in [-0.15, -0.1) is 10.2 Å². The average molecular weight is 288 g/mol. The Morgan fingerprint density at radius 1 is 1.44 bits per heavy atom. The molecular formula is C10H18BrN5. The first kappa shape index (κ1) is 12.0. The number of halogens is 1. The molecule has 90 valence electrons. The Morgan fingerprint density at radius 3 is 2.62 bits per heavy atom. The highest BCUT2D eigenvalue weighted by Crippen LogP contribution is 2.25. The molecule has 0 saturated carbocycles. The third-order valence-electron chi connectivity index (χ3n) is 3.20. The van der Waals surface area contributed by atoms with E-state index in [4.69, 9.17) is 0 Å². The molecule has 0 N–H and O–H groups in total. The lowest BCUT2D eigenvalue weighted by molar-refractivity contribution is 0.174. The Balaban J connectivity index is 1.81. The van der Waals surface area contributed by atoms with Crippen LogP contribution in [-0.2, 0) is 13.6 Å². The smallest absolute Gasteiger partial charge is 0.188 e. The van der Waals surface area contributed by atoms with E-state index in [9.17, 15) is 0 Å². The van der Waals surface area contributed by atoms with Crippen molar-refractivity contribution in [2.45, 2.75) is 31.1 Å². The quantitative estimate of drug-likeness (QED) is 0.784. The van der Waals surface area contributed by atoms with Crippen LogP contribution in [-0.4, -0.2) is 43.0 Å². The van der Waals surface area contributed by atoms with Gasteiger partial charge < -0.3 is 0 Å². The van der Waals surface area contributed by atoms with E-state index in [1.165, 1.54) is 17.6 Å². The fourth-order valence-corrected chi connectivity index (χ4v) is 2.69. The highest BCUT2D eigenvalue weighted by atomic mass is 79.9. The molecule has 1 aliphatic rings. The molecule has 1 unspecified atom stereocenters. The van der Waals surface area contributed by atoms with E-state index in [1.54, 1.807) is 7.05 Å². The third-order valence-corrected chi connectivity index (χ3v) is 3.94. The second-order valence-electron chi connectivity index (χ2n) is 4.49. The first-order valence-electron chi connectivity index (χ1n) is 5.74. The van der Waals surface area contributed by atoms with Crippen molar-refractivity contribution < 1.29 is 0 Å². The Bertz CT molecular complexity index is 330. The fourth-order valence-electron chi connectivity index (χ4n) is 2.16. The van der Waals surface area contributed by atoms with Crippen molar-refractivity contribution in [2.24, 2.45) is 13.0 Å². The number of hydrogen-bond acceptors (Lipinski definition) is 4. The van der Waals surface area contributed by atoms with Crippen LogP contribution < -0.4 is 0 Å². The lowest BCUT2D eigenvalue weighted by atomic mass is 9.94.